The average Bonchev–Trinajstić information content (AvgIpc) is 3.27. The molecule has 1 unspecified atom stereocenters. The Morgan fingerprint density at radius 2 is 1.94 bits per heavy atom. The molecule has 2 aliphatic heterocycles. The predicted octanol–water partition coefficient (Wildman–Crippen LogP) is 5.09. The molecule has 1 amide bonds. The van der Waals surface area contributed by atoms with E-state index >= 15 is 0 Å². The number of aryl methyl sites for hydroxylation is 2. The van der Waals surface area contributed by atoms with E-state index < -0.39 is 12.0 Å². The van der Waals surface area contributed by atoms with Crippen molar-refractivity contribution >= 4 is 34.5 Å². The molecular formula is C26H27N3O4S. The predicted molar refractivity (Wildman–Crippen MR) is 135 cm³/mol. The van der Waals surface area contributed by atoms with Crippen LogP contribution in [0.4, 0.5) is 5.69 Å². The molecule has 0 fully saturated rings. The SMILES string of the molecule is CCOC(=O)C1=C(C)N=C2SC=CN2C1c1ccccc1OCC(=O)Nc1cc(C)ccc1C. The molecule has 2 aromatic rings. The highest BCUT2D eigenvalue weighted by Crippen LogP contribution is 2.43. The van der Waals surface area contributed by atoms with Gasteiger partial charge in [0.15, 0.2) is 11.8 Å². The summed E-state index contributed by atoms with van der Waals surface area (Å²) in [6.07, 6.45) is 1.89. The number of nitrogens with one attached hydrogen (secondary N) is 1. The zero-order valence-corrected chi connectivity index (χ0v) is 20.4. The van der Waals surface area contributed by atoms with E-state index in [1.54, 1.807) is 13.0 Å². The fourth-order valence-corrected chi connectivity index (χ4v) is 4.71. The lowest BCUT2D eigenvalue weighted by atomic mass is 9.94. The van der Waals surface area contributed by atoms with Crippen LogP contribution in [-0.2, 0) is 14.3 Å². The summed E-state index contributed by atoms with van der Waals surface area (Å²) in [7, 11) is 0. The fourth-order valence-electron chi connectivity index (χ4n) is 3.91. The van der Waals surface area contributed by atoms with Crippen LogP contribution in [-0.4, -0.2) is 35.2 Å². The molecule has 0 radical (unpaired) electrons. The number of carbonyl (C=O) groups is 2. The van der Waals surface area contributed by atoms with E-state index in [1.165, 1.54) is 11.8 Å². The van der Waals surface area contributed by atoms with Crippen molar-refractivity contribution in [2.45, 2.75) is 33.7 Å². The first kappa shape index (κ1) is 23.6. The average molecular weight is 478 g/mol. The van der Waals surface area contributed by atoms with Crippen LogP contribution < -0.4 is 10.1 Å². The first-order valence-electron chi connectivity index (χ1n) is 11.1. The molecule has 0 aliphatic carbocycles. The second kappa shape index (κ2) is 10.2. The standard InChI is InChI=1S/C26H27N3O4S/c1-5-32-25(31)23-18(4)27-26-29(12-13-34-26)24(23)19-8-6-7-9-21(19)33-15-22(30)28-20-14-16(2)10-11-17(20)3/h6-14,24H,5,15H2,1-4H3,(H,28,30). The molecule has 7 nitrogen and oxygen atoms in total. The first-order chi connectivity index (χ1) is 16.4. The highest BCUT2D eigenvalue weighted by atomic mass is 32.2. The van der Waals surface area contributed by atoms with E-state index in [1.807, 2.05) is 73.7 Å². The van der Waals surface area contributed by atoms with Crippen molar-refractivity contribution in [1.82, 2.24) is 4.90 Å². The molecule has 2 aromatic carbocycles. The number of fused-ring (bicyclic) bond motifs is 1. The van der Waals surface area contributed by atoms with Gasteiger partial charge < -0.3 is 19.7 Å². The largest absolute Gasteiger partial charge is 0.483 e. The summed E-state index contributed by atoms with van der Waals surface area (Å²) in [5.41, 5.74) is 4.61. The van der Waals surface area contributed by atoms with E-state index in [0.29, 0.717) is 17.0 Å². The maximum absolute atomic E-state index is 12.9. The number of hydrogen-bond acceptors (Lipinski definition) is 7. The van der Waals surface area contributed by atoms with Gasteiger partial charge in [-0.15, -0.1) is 0 Å². The van der Waals surface area contributed by atoms with E-state index in [0.717, 1.165) is 27.5 Å². The lowest BCUT2D eigenvalue weighted by Crippen LogP contribution is -2.34. The molecule has 1 N–H and O–H groups in total. The maximum Gasteiger partial charge on any atom is 0.338 e. The van der Waals surface area contributed by atoms with Gasteiger partial charge in [0.05, 0.1) is 23.9 Å². The molecule has 0 saturated heterocycles. The first-order valence-corrected chi connectivity index (χ1v) is 11.9. The molecule has 8 heteroatoms. The van der Waals surface area contributed by atoms with Crippen LogP contribution in [0.25, 0.3) is 0 Å². The van der Waals surface area contributed by atoms with Crippen LogP contribution in [0.1, 0.15) is 36.6 Å². The Morgan fingerprint density at radius 3 is 2.74 bits per heavy atom. The topological polar surface area (TPSA) is 80.2 Å². The van der Waals surface area contributed by atoms with Gasteiger partial charge in [0.1, 0.15) is 5.75 Å². The Balaban J connectivity index is 1.60. The highest BCUT2D eigenvalue weighted by Gasteiger charge is 2.38. The van der Waals surface area contributed by atoms with Crippen LogP contribution in [0.3, 0.4) is 0 Å². The monoisotopic (exact) mass is 477 g/mol. The summed E-state index contributed by atoms with van der Waals surface area (Å²) in [6, 6.07) is 12.9. The number of rotatable bonds is 7. The van der Waals surface area contributed by atoms with Crippen molar-refractivity contribution in [2.75, 3.05) is 18.5 Å². The second-order valence-corrected chi connectivity index (χ2v) is 8.89. The Labute approximate surface area is 203 Å². The van der Waals surface area contributed by atoms with Crippen molar-refractivity contribution in [2.24, 2.45) is 4.99 Å². The summed E-state index contributed by atoms with van der Waals surface area (Å²) in [6.45, 7) is 7.60. The number of thioether (sulfide) groups is 1. The van der Waals surface area contributed by atoms with Crippen molar-refractivity contribution in [3.8, 4) is 5.75 Å². The Kier molecular flexibility index (Phi) is 7.07. The number of nitrogens with zero attached hydrogens (tertiary/aromatic N) is 2. The lowest BCUT2D eigenvalue weighted by Gasteiger charge is -2.34. The molecule has 2 heterocycles. The normalized spacial score (nSPS) is 16.8. The maximum atomic E-state index is 12.9. The number of benzene rings is 2. The number of esters is 1. The Morgan fingerprint density at radius 1 is 1.15 bits per heavy atom. The van der Waals surface area contributed by atoms with Gasteiger partial charge in [-0.1, -0.05) is 42.1 Å². The van der Waals surface area contributed by atoms with Gasteiger partial charge in [0, 0.05) is 17.5 Å². The van der Waals surface area contributed by atoms with Crippen LogP contribution in [0.15, 0.2) is 70.3 Å². The minimum absolute atomic E-state index is 0.167. The molecular weight excluding hydrogens is 450 g/mol. The molecule has 1 atom stereocenters. The smallest absolute Gasteiger partial charge is 0.338 e. The van der Waals surface area contributed by atoms with Gasteiger partial charge in [0.25, 0.3) is 5.91 Å². The number of anilines is 1. The summed E-state index contributed by atoms with van der Waals surface area (Å²) in [5, 5.41) is 5.62. The van der Waals surface area contributed by atoms with Gasteiger partial charge in [-0.25, -0.2) is 9.79 Å². The number of para-hydroxylation sites is 1. The van der Waals surface area contributed by atoms with Crippen molar-refractivity contribution in [3.05, 3.63) is 82.0 Å². The molecule has 2 aliphatic rings. The van der Waals surface area contributed by atoms with Crippen LogP contribution in [0.2, 0.25) is 0 Å². The Hall–Kier alpha value is -3.52. The number of amidine groups is 1. The number of allylic oxidation sites excluding steroid dienone is 1. The molecule has 0 spiro atoms. The van der Waals surface area contributed by atoms with Gasteiger partial charge in [0.2, 0.25) is 0 Å². The molecule has 34 heavy (non-hydrogen) atoms. The number of amides is 1. The zero-order chi connectivity index (χ0) is 24.2. The third kappa shape index (κ3) is 4.87. The summed E-state index contributed by atoms with van der Waals surface area (Å²) in [4.78, 5) is 32.1. The highest BCUT2D eigenvalue weighted by molar-refractivity contribution is 8.16. The summed E-state index contributed by atoms with van der Waals surface area (Å²) in [5.74, 6) is -0.159. The minimum atomic E-state index is -0.476. The van der Waals surface area contributed by atoms with Crippen molar-refractivity contribution < 1.29 is 19.1 Å². The lowest BCUT2D eigenvalue weighted by molar-refractivity contribution is -0.139. The van der Waals surface area contributed by atoms with Gasteiger partial charge >= 0.3 is 5.97 Å². The second-order valence-electron chi connectivity index (χ2n) is 8.02. The number of ether oxygens (including phenoxy) is 2. The quantitative estimate of drug-likeness (QED) is 0.560. The molecule has 4 rings (SSSR count). The van der Waals surface area contributed by atoms with Gasteiger partial charge in [-0.3, -0.25) is 4.79 Å². The van der Waals surface area contributed by atoms with Gasteiger partial charge in [-0.2, -0.15) is 0 Å². The van der Waals surface area contributed by atoms with Crippen LogP contribution in [0, 0.1) is 13.8 Å². The van der Waals surface area contributed by atoms with E-state index in [-0.39, 0.29) is 19.1 Å². The molecule has 176 valence electrons. The number of aliphatic imine (C=N–C) groups is 1. The summed E-state index contributed by atoms with van der Waals surface area (Å²) >= 11 is 1.49. The fraction of sp³-hybridized carbons (Fsp3) is 0.269. The third-order valence-corrected chi connectivity index (χ3v) is 6.33. The van der Waals surface area contributed by atoms with E-state index in [9.17, 15) is 9.59 Å². The van der Waals surface area contributed by atoms with Gasteiger partial charge in [-0.05, 0) is 56.4 Å². The van der Waals surface area contributed by atoms with E-state index in [2.05, 4.69) is 10.3 Å². The van der Waals surface area contributed by atoms with Crippen LogP contribution in [0.5, 0.6) is 5.75 Å². The molecule has 0 saturated carbocycles. The third-order valence-electron chi connectivity index (χ3n) is 5.56. The van der Waals surface area contributed by atoms with E-state index in [4.69, 9.17) is 9.47 Å². The van der Waals surface area contributed by atoms with Crippen molar-refractivity contribution in [3.63, 3.8) is 0 Å². The minimum Gasteiger partial charge on any atom is -0.483 e. The van der Waals surface area contributed by atoms with Crippen molar-refractivity contribution in [1.29, 1.82) is 0 Å². The zero-order valence-electron chi connectivity index (χ0n) is 19.6. The summed E-state index contributed by atoms with van der Waals surface area (Å²) < 4.78 is 11.3. The Bertz CT molecular complexity index is 1220. The number of hydrogen-bond donors (Lipinski definition) is 1. The molecule has 0 bridgehead atoms. The van der Waals surface area contributed by atoms with Crippen LogP contribution >= 0.6 is 11.8 Å². The number of carbonyl (C=O) groups excluding carboxylic acids is 2. The molecule has 0 aromatic heterocycles.